The summed E-state index contributed by atoms with van der Waals surface area (Å²) in [5.74, 6) is 0.110. The summed E-state index contributed by atoms with van der Waals surface area (Å²) in [4.78, 5) is 10.7. The van der Waals surface area contributed by atoms with Crippen LogP contribution in [0, 0.1) is 0 Å². The van der Waals surface area contributed by atoms with E-state index < -0.39 is 0 Å². The van der Waals surface area contributed by atoms with Crippen molar-refractivity contribution in [2.75, 3.05) is 0 Å². The second-order valence-electron chi connectivity index (χ2n) is 3.11. The fourth-order valence-corrected chi connectivity index (χ4v) is 2.49. The molecule has 0 spiro atoms. The monoisotopic (exact) mass is 267 g/mol. The number of carbonyl (C=O) groups is 1. The van der Waals surface area contributed by atoms with E-state index in [-0.39, 0.29) is 5.91 Å². The average Bonchev–Trinajstić information content (AvgIpc) is 1.93. The lowest BCUT2D eigenvalue weighted by Crippen LogP contribution is -2.41. The molecule has 0 aromatic heterocycles. The summed E-state index contributed by atoms with van der Waals surface area (Å²) < 4.78 is 0.644. The highest BCUT2D eigenvalue weighted by Crippen LogP contribution is 2.24. The number of nitrogens with one attached hydrogen (secondary N) is 1. The van der Waals surface area contributed by atoms with Crippen molar-refractivity contribution in [2.45, 2.75) is 42.6 Å². The first kappa shape index (κ1) is 9.29. The van der Waals surface area contributed by atoms with Crippen LogP contribution in [-0.2, 0) is 4.79 Å². The minimum absolute atomic E-state index is 0.110. The van der Waals surface area contributed by atoms with Crippen LogP contribution in [0.2, 0.25) is 0 Å². The molecular formula is C8H14INO. The molecule has 0 aromatic rings. The lowest BCUT2D eigenvalue weighted by Gasteiger charge is -2.27. The van der Waals surface area contributed by atoms with Crippen molar-refractivity contribution in [3.63, 3.8) is 0 Å². The van der Waals surface area contributed by atoms with E-state index in [0.717, 1.165) is 6.42 Å². The Labute approximate surface area is 81.3 Å². The van der Waals surface area contributed by atoms with Gasteiger partial charge in [0.2, 0.25) is 5.91 Å². The molecule has 11 heavy (non-hydrogen) atoms. The standard InChI is InChI=1S/C8H14INO/c1-6(11)10-8-5-3-2-4-7(8)9/h7-8H,2-5H2,1H3,(H,10,11)/t7-,8+/m0/s1. The van der Waals surface area contributed by atoms with E-state index in [1.54, 1.807) is 6.92 Å². The van der Waals surface area contributed by atoms with E-state index in [4.69, 9.17) is 0 Å². The van der Waals surface area contributed by atoms with Crippen molar-refractivity contribution in [2.24, 2.45) is 0 Å². The van der Waals surface area contributed by atoms with Crippen LogP contribution < -0.4 is 5.32 Å². The molecular weight excluding hydrogens is 253 g/mol. The van der Waals surface area contributed by atoms with Gasteiger partial charge in [0.05, 0.1) is 0 Å². The molecule has 1 aliphatic carbocycles. The molecule has 1 fully saturated rings. The van der Waals surface area contributed by atoms with Crippen LogP contribution >= 0.6 is 22.6 Å². The predicted molar refractivity (Wildman–Crippen MR) is 53.9 cm³/mol. The lowest BCUT2D eigenvalue weighted by molar-refractivity contribution is -0.119. The Morgan fingerprint density at radius 2 is 2.09 bits per heavy atom. The minimum Gasteiger partial charge on any atom is -0.353 e. The fourth-order valence-electron chi connectivity index (χ4n) is 1.51. The summed E-state index contributed by atoms with van der Waals surface area (Å²) >= 11 is 2.44. The molecule has 0 saturated heterocycles. The molecule has 0 radical (unpaired) electrons. The van der Waals surface area contributed by atoms with Crippen LogP contribution in [-0.4, -0.2) is 15.9 Å². The Morgan fingerprint density at radius 3 is 2.64 bits per heavy atom. The third-order valence-corrected chi connectivity index (χ3v) is 3.56. The fraction of sp³-hybridized carbons (Fsp3) is 0.875. The summed E-state index contributed by atoms with van der Waals surface area (Å²) in [5.41, 5.74) is 0. The van der Waals surface area contributed by atoms with Gasteiger partial charge in [0.15, 0.2) is 0 Å². The van der Waals surface area contributed by atoms with Crippen LogP contribution in [0.15, 0.2) is 0 Å². The third-order valence-electron chi connectivity index (χ3n) is 2.07. The molecule has 1 saturated carbocycles. The molecule has 64 valence electrons. The van der Waals surface area contributed by atoms with Gasteiger partial charge >= 0.3 is 0 Å². The zero-order valence-electron chi connectivity index (χ0n) is 6.77. The topological polar surface area (TPSA) is 29.1 Å². The number of hydrogen-bond donors (Lipinski definition) is 1. The van der Waals surface area contributed by atoms with Gasteiger partial charge in [0.1, 0.15) is 0 Å². The number of alkyl halides is 1. The molecule has 0 aromatic carbocycles. The zero-order valence-corrected chi connectivity index (χ0v) is 8.93. The van der Waals surface area contributed by atoms with E-state index in [2.05, 4.69) is 27.9 Å². The molecule has 2 atom stereocenters. The second kappa shape index (κ2) is 4.28. The average molecular weight is 267 g/mol. The molecule has 0 bridgehead atoms. The molecule has 1 N–H and O–H groups in total. The Kier molecular flexibility index (Phi) is 3.62. The normalized spacial score (nSPS) is 31.5. The maximum absolute atomic E-state index is 10.7. The first-order chi connectivity index (χ1) is 5.20. The van der Waals surface area contributed by atoms with Crippen molar-refractivity contribution in [3.05, 3.63) is 0 Å². The third kappa shape index (κ3) is 2.97. The molecule has 2 nitrogen and oxygen atoms in total. The van der Waals surface area contributed by atoms with Crippen molar-refractivity contribution in [1.82, 2.24) is 5.32 Å². The highest BCUT2D eigenvalue weighted by Gasteiger charge is 2.22. The molecule has 1 rings (SSSR count). The molecule has 1 aliphatic rings. The largest absolute Gasteiger partial charge is 0.353 e. The van der Waals surface area contributed by atoms with Gasteiger partial charge < -0.3 is 5.32 Å². The Bertz CT molecular complexity index is 149. The van der Waals surface area contributed by atoms with Crippen LogP contribution in [0.25, 0.3) is 0 Å². The maximum Gasteiger partial charge on any atom is 0.217 e. The second-order valence-corrected chi connectivity index (χ2v) is 4.71. The van der Waals surface area contributed by atoms with Gasteiger partial charge in [-0.05, 0) is 12.8 Å². The van der Waals surface area contributed by atoms with E-state index in [0.29, 0.717) is 9.97 Å². The molecule has 0 unspecified atom stereocenters. The first-order valence-electron chi connectivity index (χ1n) is 4.11. The van der Waals surface area contributed by atoms with Gasteiger partial charge in [-0.25, -0.2) is 0 Å². The van der Waals surface area contributed by atoms with E-state index >= 15 is 0 Å². The van der Waals surface area contributed by atoms with Gasteiger partial charge in [-0.3, -0.25) is 4.79 Å². The van der Waals surface area contributed by atoms with Crippen LogP contribution in [0.4, 0.5) is 0 Å². The van der Waals surface area contributed by atoms with Crippen molar-refractivity contribution >= 4 is 28.5 Å². The number of amides is 1. The summed E-state index contributed by atoms with van der Waals surface area (Å²) in [6.45, 7) is 1.60. The lowest BCUT2D eigenvalue weighted by atomic mass is 9.95. The van der Waals surface area contributed by atoms with Crippen molar-refractivity contribution in [1.29, 1.82) is 0 Å². The van der Waals surface area contributed by atoms with Gasteiger partial charge in [-0.15, -0.1) is 0 Å². The smallest absolute Gasteiger partial charge is 0.217 e. The zero-order chi connectivity index (χ0) is 8.27. The highest BCUT2D eigenvalue weighted by molar-refractivity contribution is 14.1. The summed E-state index contributed by atoms with van der Waals surface area (Å²) in [6, 6.07) is 0.432. The predicted octanol–water partition coefficient (Wildman–Crippen LogP) is 1.87. The molecule has 3 heteroatoms. The van der Waals surface area contributed by atoms with Gasteiger partial charge in [0.25, 0.3) is 0 Å². The van der Waals surface area contributed by atoms with Crippen LogP contribution in [0.3, 0.4) is 0 Å². The number of halogens is 1. The molecule has 1 amide bonds. The van der Waals surface area contributed by atoms with Gasteiger partial charge in [0, 0.05) is 16.9 Å². The van der Waals surface area contributed by atoms with Crippen molar-refractivity contribution in [3.8, 4) is 0 Å². The van der Waals surface area contributed by atoms with E-state index in [1.165, 1.54) is 19.3 Å². The van der Waals surface area contributed by atoms with Crippen LogP contribution in [0.1, 0.15) is 32.6 Å². The Hall–Kier alpha value is 0.200. The van der Waals surface area contributed by atoms with E-state index in [9.17, 15) is 4.79 Å². The molecule has 0 aliphatic heterocycles. The summed E-state index contributed by atoms with van der Waals surface area (Å²) in [5, 5.41) is 2.99. The first-order valence-corrected chi connectivity index (χ1v) is 5.36. The summed E-state index contributed by atoms with van der Waals surface area (Å²) in [7, 11) is 0. The van der Waals surface area contributed by atoms with Gasteiger partial charge in [-0.2, -0.15) is 0 Å². The number of hydrogen-bond acceptors (Lipinski definition) is 1. The Balaban J connectivity index is 2.35. The van der Waals surface area contributed by atoms with E-state index in [1.807, 2.05) is 0 Å². The molecule has 0 heterocycles. The van der Waals surface area contributed by atoms with Crippen molar-refractivity contribution < 1.29 is 4.79 Å². The minimum atomic E-state index is 0.110. The van der Waals surface area contributed by atoms with Gasteiger partial charge in [-0.1, -0.05) is 35.4 Å². The number of rotatable bonds is 1. The number of carbonyl (C=O) groups excluding carboxylic acids is 1. The van der Waals surface area contributed by atoms with Crippen LogP contribution in [0.5, 0.6) is 0 Å². The Morgan fingerprint density at radius 1 is 1.45 bits per heavy atom. The SMILES string of the molecule is CC(=O)N[C@@H]1CCCC[C@@H]1I. The summed E-state index contributed by atoms with van der Waals surface area (Å²) in [6.07, 6.45) is 5.01. The quantitative estimate of drug-likeness (QED) is 0.570. The highest BCUT2D eigenvalue weighted by atomic mass is 127. The maximum atomic E-state index is 10.7.